The minimum atomic E-state index is -0.952. The molecule has 9 heavy (non-hydrogen) atoms. The van der Waals surface area contributed by atoms with Crippen LogP contribution in [0.2, 0.25) is 0 Å². The first-order valence-corrected chi connectivity index (χ1v) is 2.51. The number of aliphatic carboxylic acids is 1. The van der Waals surface area contributed by atoms with E-state index in [1.54, 1.807) is 6.08 Å². The van der Waals surface area contributed by atoms with E-state index in [-0.39, 0.29) is 0 Å². The van der Waals surface area contributed by atoms with Crippen molar-refractivity contribution >= 4 is 5.97 Å². The van der Waals surface area contributed by atoms with E-state index in [9.17, 15) is 4.79 Å². The zero-order valence-electron chi connectivity index (χ0n) is 5.00. The Bertz CT molecular complexity index is 129. The second-order valence-corrected chi connectivity index (χ2v) is 1.37. The van der Waals surface area contributed by atoms with E-state index in [0.29, 0.717) is 6.54 Å². The van der Waals surface area contributed by atoms with Crippen molar-refractivity contribution in [3.05, 3.63) is 24.9 Å². The molecule has 0 saturated heterocycles. The lowest BCUT2D eigenvalue weighted by atomic mass is 10.6. The lowest BCUT2D eigenvalue weighted by Crippen LogP contribution is -2.04. The molecule has 0 spiro atoms. The van der Waals surface area contributed by atoms with Gasteiger partial charge in [-0.2, -0.15) is 0 Å². The summed E-state index contributed by atoms with van der Waals surface area (Å²) in [7, 11) is 0. The summed E-state index contributed by atoms with van der Waals surface area (Å²) in [5.41, 5.74) is 0. The molecule has 3 heteroatoms. The summed E-state index contributed by atoms with van der Waals surface area (Å²) in [6.45, 7) is 4.02. The topological polar surface area (TPSA) is 49.3 Å². The van der Waals surface area contributed by atoms with Crippen LogP contribution in [0.25, 0.3) is 0 Å². The second kappa shape index (κ2) is 4.90. The Hall–Kier alpha value is -1.25. The molecule has 0 heterocycles. The maximum Gasteiger partial charge on any atom is 0.329 e. The molecular weight excluding hydrogens is 118 g/mol. The molecule has 2 N–H and O–H groups in total. The molecule has 0 bridgehead atoms. The normalized spacial score (nSPS) is 9.33. The molecule has 0 aromatic heterocycles. The predicted molar refractivity (Wildman–Crippen MR) is 35.0 cm³/mol. The van der Waals surface area contributed by atoms with Crippen LogP contribution in [0.1, 0.15) is 0 Å². The molecule has 3 nitrogen and oxygen atoms in total. The summed E-state index contributed by atoms with van der Waals surface area (Å²) < 4.78 is 0. The van der Waals surface area contributed by atoms with Gasteiger partial charge < -0.3 is 10.4 Å². The molecule has 0 fully saturated rings. The first kappa shape index (κ1) is 7.75. The van der Waals surface area contributed by atoms with Crippen molar-refractivity contribution in [3.63, 3.8) is 0 Å². The van der Waals surface area contributed by atoms with Gasteiger partial charge in [0, 0.05) is 18.8 Å². The van der Waals surface area contributed by atoms with Crippen LogP contribution in [0.5, 0.6) is 0 Å². The van der Waals surface area contributed by atoms with Gasteiger partial charge >= 0.3 is 5.97 Å². The maximum atomic E-state index is 9.81. The van der Waals surface area contributed by atoms with E-state index in [0.717, 1.165) is 6.08 Å². The molecule has 50 valence electrons. The largest absolute Gasteiger partial charge is 0.478 e. The summed E-state index contributed by atoms with van der Waals surface area (Å²) in [4.78, 5) is 9.81. The van der Waals surface area contributed by atoms with Crippen molar-refractivity contribution in [2.75, 3.05) is 6.54 Å². The number of carboxylic acids is 1. The van der Waals surface area contributed by atoms with Crippen LogP contribution in [0.15, 0.2) is 24.9 Å². The maximum absolute atomic E-state index is 9.81. The molecule has 0 aliphatic carbocycles. The highest BCUT2D eigenvalue weighted by Gasteiger charge is 1.80. The Balaban J connectivity index is 3.24. The molecule has 0 aliphatic rings. The van der Waals surface area contributed by atoms with Crippen LogP contribution in [-0.4, -0.2) is 17.6 Å². The van der Waals surface area contributed by atoms with E-state index in [4.69, 9.17) is 5.11 Å². The molecule has 0 saturated carbocycles. The van der Waals surface area contributed by atoms with Gasteiger partial charge in [-0.3, -0.25) is 0 Å². The van der Waals surface area contributed by atoms with Gasteiger partial charge in [0.15, 0.2) is 0 Å². The van der Waals surface area contributed by atoms with E-state index in [1.165, 1.54) is 6.20 Å². The summed E-state index contributed by atoms with van der Waals surface area (Å²) in [6, 6.07) is 0. The molecule has 0 unspecified atom stereocenters. The van der Waals surface area contributed by atoms with Crippen LogP contribution >= 0.6 is 0 Å². The van der Waals surface area contributed by atoms with Gasteiger partial charge in [-0.05, 0) is 0 Å². The smallest absolute Gasteiger partial charge is 0.329 e. The van der Waals surface area contributed by atoms with Crippen molar-refractivity contribution in [1.82, 2.24) is 5.32 Å². The van der Waals surface area contributed by atoms with E-state index < -0.39 is 5.97 Å². The third kappa shape index (κ3) is 6.75. The number of hydrogen-bond acceptors (Lipinski definition) is 2. The Morgan fingerprint density at radius 2 is 2.44 bits per heavy atom. The highest BCUT2D eigenvalue weighted by atomic mass is 16.4. The van der Waals surface area contributed by atoms with Crippen molar-refractivity contribution in [2.45, 2.75) is 0 Å². The zero-order chi connectivity index (χ0) is 7.11. The van der Waals surface area contributed by atoms with Crippen molar-refractivity contribution in [1.29, 1.82) is 0 Å². The first-order valence-electron chi connectivity index (χ1n) is 2.51. The highest BCUT2D eigenvalue weighted by Crippen LogP contribution is 1.67. The molecule has 0 aromatic carbocycles. The SMILES string of the molecule is C=CCN/C=C/C(=O)O. The summed E-state index contributed by atoms with van der Waals surface area (Å²) in [6.07, 6.45) is 4.04. The molecular formula is C6H9NO2. The van der Waals surface area contributed by atoms with E-state index in [1.807, 2.05) is 0 Å². The Kier molecular flexibility index (Phi) is 4.22. The predicted octanol–water partition coefficient (Wildman–Crippen LogP) is 0.360. The fraction of sp³-hybridized carbons (Fsp3) is 0.167. The number of nitrogens with one attached hydrogen (secondary N) is 1. The molecule has 0 atom stereocenters. The van der Waals surface area contributed by atoms with Crippen LogP contribution in [0, 0.1) is 0 Å². The monoisotopic (exact) mass is 127 g/mol. The van der Waals surface area contributed by atoms with Gasteiger partial charge in [-0.1, -0.05) is 6.08 Å². The number of carboxylic acid groups (broad SMARTS) is 1. The van der Waals surface area contributed by atoms with Crippen LogP contribution in [-0.2, 0) is 4.79 Å². The molecule has 0 aromatic rings. The van der Waals surface area contributed by atoms with Gasteiger partial charge in [0.2, 0.25) is 0 Å². The standard InChI is InChI=1S/C6H9NO2/c1-2-4-7-5-3-6(8)9/h2-3,5,7H,1,4H2,(H,8,9)/b5-3+. The fourth-order valence-corrected chi connectivity index (χ4v) is 0.282. The van der Waals surface area contributed by atoms with E-state index in [2.05, 4.69) is 11.9 Å². The third-order valence-electron chi connectivity index (χ3n) is 0.606. The van der Waals surface area contributed by atoms with Crippen LogP contribution < -0.4 is 5.32 Å². The first-order chi connectivity index (χ1) is 4.27. The van der Waals surface area contributed by atoms with Crippen molar-refractivity contribution < 1.29 is 9.90 Å². The van der Waals surface area contributed by atoms with Gasteiger partial charge in [-0.25, -0.2) is 4.79 Å². The number of hydrogen-bond donors (Lipinski definition) is 2. The molecule has 0 amide bonds. The van der Waals surface area contributed by atoms with Crippen molar-refractivity contribution in [3.8, 4) is 0 Å². The second-order valence-electron chi connectivity index (χ2n) is 1.37. The lowest BCUT2D eigenvalue weighted by molar-refractivity contribution is -0.131. The number of carbonyl (C=O) groups is 1. The summed E-state index contributed by atoms with van der Waals surface area (Å²) in [5, 5.41) is 10.7. The molecule has 0 rings (SSSR count). The number of rotatable bonds is 4. The van der Waals surface area contributed by atoms with Crippen LogP contribution in [0.4, 0.5) is 0 Å². The Morgan fingerprint density at radius 1 is 1.78 bits per heavy atom. The van der Waals surface area contributed by atoms with Gasteiger partial charge in [0.25, 0.3) is 0 Å². The minimum absolute atomic E-state index is 0.587. The van der Waals surface area contributed by atoms with Gasteiger partial charge in [0.05, 0.1) is 0 Å². The quantitative estimate of drug-likeness (QED) is 0.325. The summed E-state index contributed by atoms with van der Waals surface area (Å²) >= 11 is 0. The van der Waals surface area contributed by atoms with Crippen molar-refractivity contribution in [2.24, 2.45) is 0 Å². The zero-order valence-corrected chi connectivity index (χ0v) is 5.00. The minimum Gasteiger partial charge on any atom is -0.478 e. The van der Waals surface area contributed by atoms with Gasteiger partial charge in [-0.15, -0.1) is 6.58 Å². The average Bonchev–Trinajstić information content (AvgIpc) is 1.80. The Morgan fingerprint density at radius 3 is 2.89 bits per heavy atom. The molecule has 0 radical (unpaired) electrons. The van der Waals surface area contributed by atoms with E-state index >= 15 is 0 Å². The lowest BCUT2D eigenvalue weighted by Gasteiger charge is -1.88. The Labute approximate surface area is 53.7 Å². The van der Waals surface area contributed by atoms with Gasteiger partial charge in [0.1, 0.15) is 0 Å². The highest BCUT2D eigenvalue weighted by molar-refractivity contribution is 5.79. The summed E-state index contributed by atoms with van der Waals surface area (Å²) in [5.74, 6) is -0.952. The average molecular weight is 127 g/mol. The van der Waals surface area contributed by atoms with Crippen LogP contribution in [0.3, 0.4) is 0 Å². The fourth-order valence-electron chi connectivity index (χ4n) is 0.282. The third-order valence-corrected chi connectivity index (χ3v) is 0.606. The molecule has 0 aliphatic heterocycles.